The second-order valence-corrected chi connectivity index (χ2v) is 5.57. The van der Waals surface area contributed by atoms with Crippen LogP contribution in [0.5, 0.6) is 0 Å². The maximum absolute atomic E-state index is 11.2. The van der Waals surface area contributed by atoms with Crippen molar-refractivity contribution in [2.45, 2.75) is 13.3 Å². The molecule has 0 aliphatic carbocycles. The van der Waals surface area contributed by atoms with Gasteiger partial charge in [0.2, 0.25) is 0 Å². The van der Waals surface area contributed by atoms with Crippen LogP contribution >= 0.6 is 27.3 Å². The molecule has 1 aromatic heterocycles. The van der Waals surface area contributed by atoms with Gasteiger partial charge < -0.3 is 4.74 Å². The van der Waals surface area contributed by atoms with Gasteiger partial charge in [-0.05, 0) is 18.6 Å². The van der Waals surface area contributed by atoms with Crippen LogP contribution in [0.4, 0.5) is 0 Å². The average molecular weight is 326 g/mol. The van der Waals surface area contributed by atoms with Gasteiger partial charge in [0.15, 0.2) is 0 Å². The zero-order chi connectivity index (χ0) is 13.1. The van der Waals surface area contributed by atoms with E-state index in [0.29, 0.717) is 0 Å². The van der Waals surface area contributed by atoms with Crippen LogP contribution in [0.1, 0.15) is 11.3 Å². The highest BCUT2D eigenvalue weighted by Gasteiger charge is 2.09. The van der Waals surface area contributed by atoms with Crippen molar-refractivity contribution in [1.82, 2.24) is 4.98 Å². The topological polar surface area (TPSA) is 39.2 Å². The van der Waals surface area contributed by atoms with Gasteiger partial charge >= 0.3 is 5.97 Å². The predicted molar refractivity (Wildman–Crippen MR) is 75.7 cm³/mol. The van der Waals surface area contributed by atoms with Crippen molar-refractivity contribution in [3.8, 4) is 10.6 Å². The molecule has 0 saturated heterocycles. The van der Waals surface area contributed by atoms with E-state index in [1.807, 2.05) is 30.5 Å². The van der Waals surface area contributed by atoms with Gasteiger partial charge in [0.25, 0.3) is 0 Å². The van der Waals surface area contributed by atoms with E-state index in [9.17, 15) is 4.79 Å². The molecule has 0 radical (unpaired) electrons. The fraction of sp³-hybridized carbons (Fsp3) is 0.231. The molecule has 94 valence electrons. The monoisotopic (exact) mass is 325 g/mol. The van der Waals surface area contributed by atoms with Crippen LogP contribution in [0.25, 0.3) is 10.6 Å². The third kappa shape index (κ3) is 2.97. The number of benzene rings is 1. The summed E-state index contributed by atoms with van der Waals surface area (Å²) in [5.41, 5.74) is 2.98. The number of halogens is 1. The number of aromatic nitrogens is 1. The van der Waals surface area contributed by atoms with E-state index in [-0.39, 0.29) is 12.4 Å². The van der Waals surface area contributed by atoms with Crippen molar-refractivity contribution >= 4 is 33.2 Å². The van der Waals surface area contributed by atoms with E-state index < -0.39 is 0 Å². The lowest BCUT2D eigenvalue weighted by atomic mass is 10.2. The molecular formula is C13H12BrNO2S. The van der Waals surface area contributed by atoms with Crippen LogP contribution in [-0.4, -0.2) is 18.1 Å². The molecule has 0 unspecified atom stereocenters. The number of ether oxygens (including phenoxy) is 1. The van der Waals surface area contributed by atoms with Crippen LogP contribution in [0.2, 0.25) is 0 Å². The van der Waals surface area contributed by atoms with Gasteiger partial charge in [0, 0.05) is 15.4 Å². The lowest BCUT2D eigenvalue weighted by Gasteiger charge is -2.00. The van der Waals surface area contributed by atoms with Gasteiger partial charge in [0.1, 0.15) is 5.01 Å². The molecule has 2 rings (SSSR count). The Kier molecular flexibility index (Phi) is 4.14. The molecule has 3 nitrogen and oxygen atoms in total. The number of carbonyl (C=O) groups is 1. The summed E-state index contributed by atoms with van der Waals surface area (Å²) in [6, 6.07) is 6.11. The van der Waals surface area contributed by atoms with Gasteiger partial charge in [-0.2, -0.15) is 0 Å². The summed E-state index contributed by atoms with van der Waals surface area (Å²) in [6.07, 6.45) is 0.222. The molecule has 0 spiro atoms. The molecule has 0 saturated carbocycles. The maximum atomic E-state index is 11.2. The Morgan fingerprint density at radius 3 is 2.94 bits per heavy atom. The van der Waals surface area contributed by atoms with Gasteiger partial charge in [-0.3, -0.25) is 4.79 Å². The third-order valence-electron chi connectivity index (χ3n) is 2.52. The second kappa shape index (κ2) is 5.63. The van der Waals surface area contributed by atoms with E-state index in [0.717, 1.165) is 20.7 Å². The largest absolute Gasteiger partial charge is 0.469 e. The number of hydrogen-bond acceptors (Lipinski definition) is 4. The van der Waals surface area contributed by atoms with E-state index in [4.69, 9.17) is 0 Å². The van der Waals surface area contributed by atoms with Crippen molar-refractivity contribution in [3.05, 3.63) is 39.3 Å². The lowest BCUT2D eigenvalue weighted by Crippen LogP contribution is -2.04. The van der Waals surface area contributed by atoms with Gasteiger partial charge in [-0.25, -0.2) is 4.98 Å². The standard InChI is InChI=1S/C13H12BrNO2S/c1-8-3-4-9(5-11(8)14)13-15-10(7-18-13)6-12(16)17-2/h3-5,7H,6H2,1-2H3. The summed E-state index contributed by atoms with van der Waals surface area (Å²) in [6.45, 7) is 2.04. The van der Waals surface area contributed by atoms with Crippen LogP contribution in [-0.2, 0) is 16.0 Å². The van der Waals surface area contributed by atoms with Crippen molar-refractivity contribution in [1.29, 1.82) is 0 Å². The number of esters is 1. The Morgan fingerprint density at radius 2 is 2.28 bits per heavy atom. The predicted octanol–water partition coefficient (Wildman–Crippen LogP) is 3.60. The number of rotatable bonds is 3. The summed E-state index contributed by atoms with van der Waals surface area (Å²) < 4.78 is 5.68. The smallest absolute Gasteiger partial charge is 0.311 e. The van der Waals surface area contributed by atoms with Gasteiger partial charge in [-0.1, -0.05) is 28.1 Å². The molecule has 2 aromatic rings. The number of methoxy groups -OCH3 is 1. The van der Waals surface area contributed by atoms with E-state index in [2.05, 4.69) is 25.7 Å². The minimum atomic E-state index is -0.267. The third-order valence-corrected chi connectivity index (χ3v) is 4.32. The van der Waals surface area contributed by atoms with Crippen molar-refractivity contribution in [3.63, 3.8) is 0 Å². The Bertz CT molecular complexity index is 580. The van der Waals surface area contributed by atoms with Crippen LogP contribution in [0.3, 0.4) is 0 Å². The minimum Gasteiger partial charge on any atom is -0.469 e. The van der Waals surface area contributed by atoms with Crippen LogP contribution in [0.15, 0.2) is 28.1 Å². The molecule has 18 heavy (non-hydrogen) atoms. The fourth-order valence-corrected chi connectivity index (χ4v) is 2.66. The first kappa shape index (κ1) is 13.2. The summed E-state index contributed by atoms with van der Waals surface area (Å²) in [5, 5.41) is 2.80. The Balaban J connectivity index is 2.23. The molecule has 1 aromatic carbocycles. The molecule has 0 aliphatic heterocycles. The van der Waals surface area contributed by atoms with Crippen molar-refractivity contribution in [2.24, 2.45) is 0 Å². The molecule has 5 heteroatoms. The quantitative estimate of drug-likeness (QED) is 0.809. The number of hydrogen-bond donors (Lipinski definition) is 0. The summed E-state index contributed by atoms with van der Waals surface area (Å²) in [4.78, 5) is 15.6. The first-order valence-electron chi connectivity index (χ1n) is 5.38. The van der Waals surface area contributed by atoms with E-state index >= 15 is 0 Å². The Morgan fingerprint density at radius 1 is 1.50 bits per heavy atom. The van der Waals surface area contributed by atoms with Crippen LogP contribution < -0.4 is 0 Å². The molecule has 1 heterocycles. The molecule has 0 atom stereocenters. The summed E-state index contributed by atoms with van der Waals surface area (Å²) in [7, 11) is 1.38. The zero-order valence-corrected chi connectivity index (χ0v) is 12.5. The van der Waals surface area contributed by atoms with Crippen LogP contribution in [0, 0.1) is 6.92 Å². The van der Waals surface area contributed by atoms with Crippen molar-refractivity contribution in [2.75, 3.05) is 7.11 Å². The Labute approximate surface area is 118 Å². The average Bonchev–Trinajstić information content (AvgIpc) is 2.81. The molecular weight excluding hydrogens is 314 g/mol. The van der Waals surface area contributed by atoms with Gasteiger partial charge in [-0.15, -0.1) is 11.3 Å². The lowest BCUT2D eigenvalue weighted by molar-refractivity contribution is -0.139. The van der Waals surface area contributed by atoms with E-state index in [1.54, 1.807) is 0 Å². The molecule has 0 N–H and O–H groups in total. The first-order chi connectivity index (χ1) is 8.60. The molecule has 0 bridgehead atoms. The van der Waals surface area contributed by atoms with Crippen molar-refractivity contribution < 1.29 is 9.53 Å². The molecule has 0 amide bonds. The number of thiazole rings is 1. The zero-order valence-electron chi connectivity index (χ0n) is 10.1. The summed E-state index contributed by atoms with van der Waals surface area (Å²) in [5.74, 6) is -0.267. The fourth-order valence-electron chi connectivity index (χ4n) is 1.47. The highest BCUT2D eigenvalue weighted by molar-refractivity contribution is 9.10. The molecule has 0 fully saturated rings. The SMILES string of the molecule is COC(=O)Cc1csc(-c2ccc(C)c(Br)c2)n1. The van der Waals surface area contributed by atoms with Gasteiger partial charge in [0.05, 0.1) is 19.2 Å². The highest BCUT2D eigenvalue weighted by Crippen LogP contribution is 2.28. The first-order valence-corrected chi connectivity index (χ1v) is 7.05. The number of carbonyl (C=O) groups excluding carboxylic acids is 1. The highest BCUT2D eigenvalue weighted by atomic mass is 79.9. The molecule has 0 aliphatic rings. The number of aryl methyl sites for hydroxylation is 1. The second-order valence-electron chi connectivity index (χ2n) is 3.86. The summed E-state index contributed by atoms with van der Waals surface area (Å²) >= 11 is 5.03. The normalized spacial score (nSPS) is 10.4. The number of nitrogens with zero attached hydrogens (tertiary/aromatic N) is 1. The maximum Gasteiger partial charge on any atom is 0.311 e. The minimum absolute atomic E-state index is 0.222. The Hall–Kier alpha value is -1.20. The van der Waals surface area contributed by atoms with E-state index in [1.165, 1.54) is 24.0 Å².